The fourth-order valence-electron chi connectivity index (χ4n) is 2.71. The summed E-state index contributed by atoms with van der Waals surface area (Å²) in [5.74, 6) is 0. The number of benzene rings is 1. The van der Waals surface area contributed by atoms with Gasteiger partial charge in [-0.1, -0.05) is 12.8 Å². The zero-order valence-corrected chi connectivity index (χ0v) is 12.9. The fourth-order valence-corrected chi connectivity index (χ4v) is 4.48. The SMILES string of the molecule is Cc1cc(S(=O)(=O)N2CCCCCC2CO)ccc1C#N. The number of hydrogen-bond donors (Lipinski definition) is 1. The highest BCUT2D eigenvalue weighted by molar-refractivity contribution is 7.89. The Morgan fingerprint density at radius 1 is 1.38 bits per heavy atom. The number of aryl methyl sites for hydroxylation is 1. The van der Waals surface area contributed by atoms with Crippen LogP contribution < -0.4 is 0 Å². The zero-order valence-electron chi connectivity index (χ0n) is 12.1. The van der Waals surface area contributed by atoms with Crippen molar-refractivity contribution in [3.8, 4) is 6.07 Å². The second-order valence-electron chi connectivity index (χ2n) is 5.39. The summed E-state index contributed by atoms with van der Waals surface area (Å²) in [5.41, 5.74) is 1.12. The molecule has 1 N–H and O–H groups in total. The lowest BCUT2D eigenvalue weighted by Crippen LogP contribution is -2.42. The first-order valence-corrected chi connectivity index (χ1v) is 8.58. The van der Waals surface area contributed by atoms with E-state index in [2.05, 4.69) is 0 Å². The lowest BCUT2D eigenvalue weighted by Gasteiger charge is -2.27. The van der Waals surface area contributed by atoms with Crippen molar-refractivity contribution in [2.24, 2.45) is 0 Å². The van der Waals surface area contributed by atoms with E-state index in [4.69, 9.17) is 5.26 Å². The summed E-state index contributed by atoms with van der Waals surface area (Å²) in [6, 6.07) is 6.22. The maximum atomic E-state index is 12.8. The second-order valence-corrected chi connectivity index (χ2v) is 7.28. The molecule has 1 aliphatic heterocycles. The number of aliphatic hydroxyl groups is 1. The van der Waals surface area contributed by atoms with Gasteiger partial charge >= 0.3 is 0 Å². The third-order valence-electron chi connectivity index (χ3n) is 3.96. The van der Waals surface area contributed by atoms with Crippen LogP contribution >= 0.6 is 0 Å². The molecule has 5 nitrogen and oxygen atoms in total. The number of hydrogen-bond acceptors (Lipinski definition) is 4. The van der Waals surface area contributed by atoms with Crippen molar-refractivity contribution < 1.29 is 13.5 Å². The van der Waals surface area contributed by atoms with E-state index in [0.29, 0.717) is 24.1 Å². The quantitative estimate of drug-likeness (QED) is 0.923. The van der Waals surface area contributed by atoms with Crippen LogP contribution in [0.15, 0.2) is 23.1 Å². The lowest BCUT2D eigenvalue weighted by atomic mass is 10.1. The minimum Gasteiger partial charge on any atom is -0.395 e. The predicted octanol–water partition coefficient (Wildman–Crippen LogP) is 1.79. The van der Waals surface area contributed by atoms with Crippen LogP contribution in [0.2, 0.25) is 0 Å². The Labute approximate surface area is 125 Å². The van der Waals surface area contributed by atoms with Crippen LogP contribution in [0.4, 0.5) is 0 Å². The molecule has 0 spiro atoms. The van der Waals surface area contributed by atoms with E-state index in [0.717, 1.165) is 19.3 Å². The minimum atomic E-state index is -3.63. The second kappa shape index (κ2) is 6.56. The van der Waals surface area contributed by atoms with Gasteiger partial charge in [0.05, 0.1) is 23.1 Å². The van der Waals surface area contributed by atoms with Crippen LogP contribution in [-0.2, 0) is 10.0 Å². The Morgan fingerprint density at radius 2 is 2.14 bits per heavy atom. The number of rotatable bonds is 3. The summed E-state index contributed by atoms with van der Waals surface area (Å²) < 4.78 is 27.0. The molecule has 0 aromatic heterocycles. The molecule has 1 unspecified atom stereocenters. The number of nitrogens with zero attached hydrogens (tertiary/aromatic N) is 2. The third-order valence-corrected chi connectivity index (χ3v) is 5.91. The van der Waals surface area contributed by atoms with E-state index in [1.165, 1.54) is 22.5 Å². The third kappa shape index (κ3) is 3.26. The number of sulfonamides is 1. The summed E-state index contributed by atoms with van der Waals surface area (Å²) in [5, 5.41) is 18.4. The molecule has 1 heterocycles. The molecular formula is C15H20N2O3S. The largest absolute Gasteiger partial charge is 0.395 e. The molecular weight excluding hydrogens is 288 g/mol. The highest BCUT2D eigenvalue weighted by atomic mass is 32.2. The number of aliphatic hydroxyl groups excluding tert-OH is 1. The van der Waals surface area contributed by atoms with Crippen molar-refractivity contribution in [3.63, 3.8) is 0 Å². The van der Waals surface area contributed by atoms with Gasteiger partial charge in [0.2, 0.25) is 10.0 Å². The van der Waals surface area contributed by atoms with Gasteiger partial charge in [0.15, 0.2) is 0 Å². The van der Waals surface area contributed by atoms with E-state index in [1.807, 2.05) is 6.07 Å². The Balaban J connectivity index is 2.40. The maximum Gasteiger partial charge on any atom is 0.243 e. The van der Waals surface area contributed by atoms with Crippen LogP contribution in [0.3, 0.4) is 0 Å². The van der Waals surface area contributed by atoms with Crippen molar-refractivity contribution in [3.05, 3.63) is 29.3 Å². The van der Waals surface area contributed by atoms with Crippen LogP contribution in [-0.4, -0.2) is 37.0 Å². The molecule has 21 heavy (non-hydrogen) atoms. The van der Waals surface area contributed by atoms with Crippen molar-refractivity contribution in [1.82, 2.24) is 4.31 Å². The Hall–Kier alpha value is -1.42. The van der Waals surface area contributed by atoms with Gasteiger partial charge in [0.1, 0.15) is 0 Å². The molecule has 1 atom stereocenters. The molecule has 1 saturated heterocycles. The minimum absolute atomic E-state index is 0.158. The molecule has 0 bridgehead atoms. The van der Waals surface area contributed by atoms with E-state index >= 15 is 0 Å². The van der Waals surface area contributed by atoms with Crippen molar-refractivity contribution in [2.45, 2.75) is 43.5 Å². The summed E-state index contributed by atoms with van der Waals surface area (Å²) in [7, 11) is -3.63. The van der Waals surface area contributed by atoms with Crippen molar-refractivity contribution in [2.75, 3.05) is 13.2 Å². The normalized spacial score (nSPS) is 20.7. The van der Waals surface area contributed by atoms with Crippen molar-refractivity contribution in [1.29, 1.82) is 5.26 Å². The first-order chi connectivity index (χ1) is 10.0. The standard InChI is InChI=1S/C15H20N2O3S/c1-12-9-15(7-6-13(12)10-16)21(19,20)17-8-4-2-3-5-14(17)11-18/h6-7,9,14,18H,2-5,8,11H2,1H3. The molecule has 114 valence electrons. The van der Waals surface area contributed by atoms with Gasteiger partial charge in [-0.05, 0) is 43.5 Å². The smallest absolute Gasteiger partial charge is 0.243 e. The molecule has 1 aromatic rings. The van der Waals surface area contributed by atoms with Crippen LogP contribution in [0.5, 0.6) is 0 Å². The van der Waals surface area contributed by atoms with E-state index in [9.17, 15) is 13.5 Å². The van der Waals surface area contributed by atoms with Gasteiger partial charge in [-0.3, -0.25) is 0 Å². The Kier molecular flexibility index (Phi) is 4.99. The summed E-state index contributed by atoms with van der Waals surface area (Å²) in [6.07, 6.45) is 3.41. The Bertz CT molecular complexity index is 649. The lowest BCUT2D eigenvalue weighted by molar-refractivity contribution is 0.186. The van der Waals surface area contributed by atoms with E-state index in [1.54, 1.807) is 6.92 Å². The first kappa shape index (κ1) is 16.0. The topological polar surface area (TPSA) is 81.4 Å². The summed E-state index contributed by atoms with van der Waals surface area (Å²) in [4.78, 5) is 0.194. The molecule has 6 heteroatoms. The van der Waals surface area contributed by atoms with E-state index < -0.39 is 10.0 Å². The summed E-state index contributed by atoms with van der Waals surface area (Å²) in [6.45, 7) is 2.00. The molecule has 0 aliphatic carbocycles. The zero-order chi connectivity index (χ0) is 15.5. The Morgan fingerprint density at radius 3 is 2.76 bits per heavy atom. The fraction of sp³-hybridized carbons (Fsp3) is 0.533. The van der Waals surface area contributed by atoms with Gasteiger partial charge < -0.3 is 5.11 Å². The maximum absolute atomic E-state index is 12.8. The molecule has 2 rings (SSSR count). The van der Waals surface area contributed by atoms with Crippen LogP contribution in [0.1, 0.15) is 36.8 Å². The van der Waals surface area contributed by atoms with Gasteiger partial charge in [0, 0.05) is 12.6 Å². The molecule has 1 aromatic carbocycles. The molecule has 1 aliphatic rings. The predicted molar refractivity (Wildman–Crippen MR) is 79.1 cm³/mol. The van der Waals surface area contributed by atoms with Crippen LogP contribution in [0, 0.1) is 18.3 Å². The van der Waals surface area contributed by atoms with Gasteiger partial charge in [-0.2, -0.15) is 9.57 Å². The highest BCUT2D eigenvalue weighted by Gasteiger charge is 2.32. The molecule has 0 radical (unpaired) electrons. The average molecular weight is 308 g/mol. The molecule has 0 amide bonds. The highest BCUT2D eigenvalue weighted by Crippen LogP contribution is 2.25. The van der Waals surface area contributed by atoms with Crippen LogP contribution in [0.25, 0.3) is 0 Å². The monoisotopic (exact) mass is 308 g/mol. The van der Waals surface area contributed by atoms with Gasteiger partial charge in [-0.15, -0.1) is 0 Å². The van der Waals surface area contributed by atoms with Crippen molar-refractivity contribution >= 4 is 10.0 Å². The number of nitriles is 1. The summed E-state index contributed by atoms with van der Waals surface area (Å²) >= 11 is 0. The average Bonchev–Trinajstić information content (AvgIpc) is 2.72. The van der Waals surface area contributed by atoms with Gasteiger partial charge in [-0.25, -0.2) is 8.42 Å². The van der Waals surface area contributed by atoms with Gasteiger partial charge in [0.25, 0.3) is 0 Å². The molecule has 1 fully saturated rings. The van der Waals surface area contributed by atoms with E-state index in [-0.39, 0.29) is 17.5 Å². The molecule has 0 saturated carbocycles. The first-order valence-electron chi connectivity index (χ1n) is 7.14.